The normalized spacial score (nSPS) is 30.6. The number of benzene rings is 2. The number of halogens is 1. The number of fused-ring (bicyclic) bond motifs is 7. The predicted molar refractivity (Wildman–Crippen MR) is 114 cm³/mol. The van der Waals surface area contributed by atoms with E-state index in [2.05, 4.69) is 5.32 Å². The maximum absolute atomic E-state index is 13.8. The lowest BCUT2D eigenvalue weighted by molar-refractivity contribution is -0.384. The maximum atomic E-state index is 13.8. The minimum absolute atomic E-state index is 0.0828. The molecular formula is C22H17ClN4O5. The summed E-state index contributed by atoms with van der Waals surface area (Å²) < 4.78 is 0. The predicted octanol–water partition coefficient (Wildman–Crippen LogP) is 2.68. The highest BCUT2D eigenvalue weighted by molar-refractivity contribution is 6.33. The van der Waals surface area contributed by atoms with E-state index in [4.69, 9.17) is 11.6 Å². The molecule has 4 aliphatic heterocycles. The molecule has 0 unspecified atom stereocenters. The SMILES string of the molecule is O=C1[C@H]2[C@@H](C(=O)N1c1ccc(Cl)c([N+](=O)[O-])c1)[C@@]1(C(=O)Nc3ccccc31)N1CCC[C@@H]21. The second-order valence-electron chi connectivity index (χ2n) is 8.58. The molecule has 162 valence electrons. The number of imide groups is 1. The van der Waals surface area contributed by atoms with Gasteiger partial charge in [0.25, 0.3) is 5.69 Å². The van der Waals surface area contributed by atoms with Crippen LogP contribution in [0, 0.1) is 22.0 Å². The first-order valence-corrected chi connectivity index (χ1v) is 10.7. The van der Waals surface area contributed by atoms with E-state index in [1.165, 1.54) is 12.1 Å². The third kappa shape index (κ3) is 2.14. The lowest BCUT2D eigenvalue weighted by atomic mass is 9.75. The zero-order chi connectivity index (χ0) is 22.4. The second kappa shape index (κ2) is 6.36. The summed E-state index contributed by atoms with van der Waals surface area (Å²) in [6, 6.07) is 10.9. The van der Waals surface area contributed by atoms with Gasteiger partial charge in [-0.3, -0.25) is 29.4 Å². The van der Waals surface area contributed by atoms with Crippen LogP contribution in [-0.2, 0) is 19.9 Å². The molecule has 10 heteroatoms. The van der Waals surface area contributed by atoms with Gasteiger partial charge in [-0.1, -0.05) is 29.8 Å². The fourth-order valence-corrected chi connectivity index (χ4v) is 6.38. The molecule has 2 aromatic rings. The molecule has 0 aromatic heterocycles. The number of carbonyl (C=O) groups excluding carboxylic acids is 3. The fourth-order valence-electron chi connectivity index (χ4n) is 6.19. The lowest BCUT2D eigenvalue weighted by Gasteiger charge is -2.36. The fraction of sp³-hybridized carbons (Fsp3) is 0.318. The monoisotopic (exact) mass is 452 g/mol. The van der Waals surface area contributed by atoms with Crippen LogP contribution in [-0.4, -0.2) is 40.1 Å². The van der Waals surface area contributed by atoms with Crippen LogP contribution in [0.4, 0.5) is 17.1 Å². The van der Waals surface area contributed by atoms with Crippen molar-refractivity contribution >= 4 is 46.4 Å². The molecule has 3 amide bonds. The number of anilines is 2. The quantitative estimate of drug-likeness (QED) is 0.426. The second-order valence-corrected chi connectivity index (χ2v) is 8.98. The van der Waals surface area contributed by atoms with E-state index < -0.39 is 34.1 Å². The number of nitrogens with one attached hydrogen (secondary N) is 1. The van der Waals surface area contributed by atoms with E-state index in [0.717, 1.165) is 17.4 Å². The first-order chi connectivity index (χ1) is 15.4. The van der Waals surface area contributed by atoms with Gasteiger partial charge in [-0.25, -0.2) is 4.90 Å². The van der Waals surface area contributed by atoms with Crippen LogP contribution < -0.4 is 10.2 Å². The lowest BCUT2D eigenvalue weighted by Crippen LogP contribution is -2.54. The number of rotatable bonds is 2. The molecule has 2 aromatic carbocycles. The topological polar surface area (TPSA) is 113 Å². The molecule has 9 nitrogen and oxygen atoms in total. The molecule has 3 saturated heterocycles. The van der Waals surface area contributed by atoms with Crippen LogP contribution in [0.25, 0.3) is 0 Å². The van der Waals surface area contributed by atoms with Gasteiger partial charge < -0.3 is 5.32 Å². The van der Waals surface area contributed by atoms with Crippen molar-refractivity contribution in [1.29, 1.82) is 0 Å². The van der Waals surface area contributed by atoms with Crippen LogP contribution in [0.3, 0.4) is 0 Å². The summed E-state index contributed by atoms with van der Waals surface area (Å²) in [5.74, 6) is -2.85. The van der Waals surface area contributed by atoms with E-state index in [9.17, 15) is 24.5 Å². The Morgan fingerprint density at radius 2 is 1.91 bits per heavy atom. The zero-order valence-electron chi connectivity index (χ0n) is 16.7. The van der Waals surface area contributed by atoms with Crippen molar-refractivity contribution in [2.75, 3.05) is 16.8 Å². The Kier molecular flexibility index (Phi) is 3.86. The average molecular weight is 453 g/mol. The summed E-state index contributed by atoms with van der Waals surface area (Å²) in [4.78, 5) is 54.6. The van der Waals surface area contributed by atoms with Crippen molar-refractivity contribution in [2.45, 2.75) is 24.4 Å². The molecule has 0 saturated carbocycles. The van der Waals surface area contributed by atoms with Gasteiger partial charge in [0.15, 0.2) is 0 Å². The van der Waals surface area contributed by atoms with E-state index in [-0.39, 0.29) is 28.3 Å². The highest BCUT2D eigenvalue weighted by atomic mass is 35.5. The van der Waals surface area contributed by atoms with Crippen molar-refractivity contribution in [3.8, 4) is 0 Å². The highest BCUT2D eigenvalue weighted by Crippen LogP contribution is 2.60. The van der Waals surface area contributed by atoms with E-state index in [0.29, 0.717) is 24.2 Å². The number of amides is 3. The molecule has 0 aliphatic carbocycles. The summed E-state index contributed by atoms with van der Waals surface area (Å²) in [7, 11) is 0. The largest absolute Gasteiger partial charge is 0.324 e. The number of nitro benzene ring substituents is 1. The minimum atomic E-state index is -1.26. The number of hydrogen-bond acceptors (Lipinski definition) is 6. The first-order valence-electron chi connectivity index (χ1n) is 10.4. The molecule has 32 heavy (non-hydrogen) atoms. The molecule has 3 fully saturated rings. The number of nitrogens with zero attached hydrogens (tertiary/aromatic N) is 3. The van der Waals surface area contributed by atoms with Crippen molar-refractivity contribution in [2.24, 2.45) is 11.8 Å². The molecule has 4 atom stereocenters. The maximum Gasteiger partial charge on any atom is 0.289 e. The Hall–Kier alpha value is -3.30. The van der Waals surface area contributed by atoms with Crippen molar-refractivity contribution < 1.29 is 19.3 Å². The zero-order valence-corrected chi connectivity index (χ0v) is 17.4. The third-order valence-corrected chi connectivity index (χ3v) is 7.60. The molecule has 4 heterocycles. The summed E-state index contributed by atoms with van der Waals surface area (Å²) >= 11 is 5.92. The van der Waals surface area contributed by atoms with Crippen LogP contribution in [0.2, 0.25) is 5.02 Å². The molecule has 1 spiro atoms. The number of carbonyl (C=O) groups is 3. The molecule has 4 aliphatic rings. The average Bonchev–Trinajstić information content (AvgIpc) is 3.47. The summed E-state index contributed by atoms with van der Waals surface area (Å²) in [5.41, 5.74) is -0.207. The van der Waals surface area contributed by atoms with Gasteiger partial charge in [0, 0.05) is 23.4 Å². The van der Waals surface area contributed by atoms with Gasteiger partial charge in [-0.05, 0) is 37.6 Å². The smallest absolute Gasteiger partial charge is 0.289 e. The Bertz CT molecular complexity index is 1250. The number of nitro groups is 1. The summed E-state index contributed by atoms with van der Waals surface area (Å²) in [6.07, 6.45) is 1.52. The van der Waals surface area contributed by atoms with Gasteiger partial charge in [0.1, 0.15) is 10.6 Å². The summed E-state index contributed by atoms with van der Waals surface area (Å²) in [6.45, 7) is 0.617. The van der Waals surface area contributed by atoms with E-state index >= 15 is 0 Å². The Morgan fingerprint density at radius 3 is 2.69 bits per heavy atom. The molecular weight excluding hydrogens is 436 g/mol. The number of para-hydroxylation sites is 1. The van der Waals surface area contributed by atoms with Crippen LogP contribution >= 0.6 is 11.6 Å². The van der Waals surface area contributed by atoms with Gasteiger partial charge in [0.2, 0.25) is 17.7 Å². The van der Waals surface area contributed by atoms with Gasteiger partial charge in [0.05, 0.1) is 22.4 Å². The summed E-state index contributed by atoms with van der Waals surface area (Å²) in [5, 5.41) is 14.2. The standard InChI is InChI=1S/C22H17ClN4O5/c23-13-8-7-11(10-16(13)27(31)32)26-19(28)17-15-6-3-9-25(15)22(18(17)20(26)29)12-4-1-2-5-14(12)24-21(22)30/h1-2,4-5,7-8,10,15,17-18H,3,6,9H2,(H,24,30)/t15-,17+,18-,22-/m0/s1. The van der Waals surface area contributed by atoms with Gasteiger partial charge >= 0.3 is 0 Å². The molecule has 0 radical (unpaired) electrons. The molecule has 6 rings (SSSR count). The van der Waals surface area contributed by atoms with Crippen LogP contribution in [0.15, 0.2) is 42.5 Å². The Balaban J connectivity index is 1.53. The van der Waals surface area contributed by atoms with E-state index in [1.54, 1.807) is 6.07 Å². The first kappa shape index (κ1) is 19.4. The molecule has 1 N–H and O–H groups in total. The van der Waals surface area contributed by atoms with E-state index in [1.807, 2.05) is 23.1 Å². The van der Waals surface area contributed by atoms with Crippen molar-refractivity contribution in [1.82, 2.24) is 4.90 Å². The third-order valence-electron chi connectivity index (χ3n) is 7.28. The van der Waals surface area contributed by atoms with Gasteiger partial charge in [-0.15, -0.1) is 0 Å². The Morgan fingerprint density at radius 1 is 1.12 bits per heavy atom. The van der Waals surface area contributed by atoms with Crippen molar-refractivity contribution in [3.63, 3.8) is 0 Å². The van der Waals surface area contributed by atoms with Gasteiger partial charge in [-0.2, -0.15) is 0 Å². The number of hydrogen-bond donors (Lipinski definition) is 1. The molecule has 0 bridgehead atoms. The van der Waals surface area contributed by atoms with Crippen LogP contribution in [0.5, 0.6) is 0 Å². The Labute approximate surface area is 187 Å². The van der Waals surface area contributed by atoms with Crippen LogP contribution in [0.1, 0.15) is 18.4 Å². The van der Waals surface area contributed by atoms with Crippen molar-refractivity contribution in [3.05, 3.63) is 63.2 Å². The highest BCUT2D eigenvalue weighted by Gasteiger charge is 2.74. The minimum Gasteiger partial charge on any atom is -0.324 e.